The van der Waals surface area contributed by atoms with Crippen LogP contribution in [0.15, 0.2) is 30.5 Å². The number of carbonyl (C=O) groups excluding carboxylic acids is 2. The molecule has 1 unspecified atom stereocenters. The molecule has 1 saturated heterocycles. The molecule has 2 atom stereocenters. The van der Waals surface area contributed by atoms with Crippen molar-refractivity contribution in [2.24, 2.45) is 0 Å². The van der Waals surface area contributed by atoms with Gasteiger partial charge in [0.05, 0.1) is 12.7 Å². The predicted molar refractivity (Wildman–Crippen MR) is 106 cm³/mol. The van der Waals surface area contributed by atoms with E-state index in [-0.39, 0.29) is 24.6 Å². The number of nitrogens with zero attached hydrogens (tertiary/aromatic N) is 5. The van der Waals surface area contributed by atoms with Crippen LogP contribution in [0.2, 0.25) is 0 Å². The average Bonchev–Trinajstić information content (AvgIpc) is 3.30. The van der Waals surface area contributed by atoms with Gasteiger partial charge in [0, 0.05) is 33.2 Å². The van der Waals surface area contributed by atoms with Gasteiger partial charge in [0.2, 0.25) is 0 Å². The maximum atomic E-state index is 13.4. The Balaban J connectivity index is 1.51. The number of fused-ring (bicyclic) bond motifs is 1. The summed E-state index contributed by atoms with van der Waals surface area (Å²) in [7, 11) is 3.24. The number of urea groups is 1. The molecule has 158 valence electrons. The number of likely N-dealkylation sites (N-methyl/N-ethyl adjacent to an activating group) is 1. The Labute approximate surface area is 173 Å². The zero-order valence-corrected chi connectivity index (χ0v) is 16.7. The number of anilines is 2. The van der Waals surface area contributed by atoms with Gasteiger partial charge in [-0.2, -0.15) is 0 Å². The standard InChI is InChI=1S/C20H22FN5O4/c1-24-18(11-27)26(16-9-22-17(12-29-2)23-19(16)24)20(28)25-7-6-15(10-25)30-14-5-3-4-13(21)8-14/h3-5,8-9,11,15,18H,6-7,10,12H2,1-2H3/t15-,18?/m0/s1. The van der Waals surface area contributed by atoms with Gasteiger partial charge < -0.3 is 19.3 Å². The second-order valence-electron chi connectivity index (χ2n) is 7.17. The van der Waals surface area contributed by atoms with Crippen molar-refractivity contribution in [1.29, 1.82) is 0 Å². The highest BCUT2D eigenvalue weighted by molar-refractivity contribution is 6.02. The number of amides is 2. The fraction of sp³-hybridized carbons (Fsp3) is 0.400. The quantitative estimate of drug-likeness (QED) is 0.689. The van der Waals surface area contributed by atoms with Crippen molar-refractivity contribution in [3.63, 3.8) is 0 Å². The lowest BCUT2D eigenvalue weighted by atomic mass is 10.3. The van der Waals surface area contributed by atoms with Gasteiger partial charge in [-0.05, 0) is 12.1 Å². The first-order valence-electron chi connectivity index (χ1n) is 9.55. The van der Waals surface area contributed by atoms with Gasteiger partial charge in [-0.25, -0.2) is 19.2 Å². The second-order valence-corrected chi connectivity index (χ2v) is 7.17. The van der Waals surface area contributed by atoms with E-state index < -0.39 is 6.17 Å². The van der Waals surface area contributed by atoms with E-state index in [1.807, 2.05) is 0 Å². The van der Waals surface area contributed by atoms with Crippen molar-refractivity contribution in [3.8, 4) is 5.75 Å². The Morgan fingerprint density at radius 2 is 2.23 bits per heavy atom. The van der Waals surface area contributed by atoms with Crippen LogP contribution >= 0.6 is 0 Å². The van der Waals surface area contributed by atoms with Gasteiger partial charge in [0.15, 0.2) is 24.1 Å². The third-order valence-electron chi connectivity index (χ3n) is 5.17. The van der Waals surface area contributed by atoms with Crippen molar-refractivity contribution < 1.29 is 23.5 Å². The molecule has 1 aromatic heterocycles. The summed E-state index contributed by atoms with van der Waals surface area (Å²) < 4.78 is 24.3. The molecule has 2 aromatic rings. The van der Waals surface area contributed by atoms with Crippen LogP contribution in [0.25, 0.3) is 0 Å². The highest BCUT2D eigenvalue weighted by atomic mass is 19.1. The largest absolute Gasteiger partial charge is 0.488 e. The molecule has 0 spiro atoms. The van der Waals surface area contributed by atoms with Gasteiger partial charge >= 0.3 is 6.03 Å². The highest BCUT2D eigenvalue weighted by Crippen LogP contribution is 2.37. The molecule has 30 heavy (non-hydrogen) atoms. The van der Waals surface area contributed by atoms with Gasteiger partial charge in [0.25, 0.3) is 0 Å². The number of rotatable bonds is 5. The topological polar surface area (TPSA) is 88.1 Å². The molecular formula is C20H22FN5O4. The molecule has 1 fully saturated rings. The second kappa shape index (κ2) is 8.23. The lowest BCUT2D eigenvalue weighted by Crippen LogP contribution is -2.51. The number of likely N-dealkylation sites (tertiary alicyclic amines) is 1. The average molecular weight is 415 g/mol. The lowest BCUT2D eigenvalue weighted by molar-refractivity contribution is -0.108. The Kier molecular flexibility index (Phi) is 5.49. The summed E-state index contributed by atoms with van der Waals surface area (Å²) in [6, 6.07) is 5.58. The Morgan fingerprint density at radius 3 is 2.97 bits per heavy atom. The smallest absolute Gasteiger partial charge is 0.326 e. The number of hydrogen-bond acceptors (Lipinski definition) is 7. The van der Waals surface area contributed by atoms with Crippen LogP contribution in [0.5, 0.6) is 5.75 Å². The van der Waals surface area contributed by atoms with Crippen LogP contribution in [0, 0.1) is 5.82 Å². The molecule has 3 heterocycles. The van der Waals surface area contributed by atoms with Gasteiger partial charge in [-0.1, -0.05) is 6.07 Å². The van der Waals surface area contributed by atoms with E-state index in [0.717, 1.165) is 0 Å². The Morgan fingerprint density at radius 1 is 1.40 bits per heavy atom. The SMILES string of the molecule is COCc1ncc2c(n1)N(C)C(C=O)N2C(=O)N1CC[C@H](Oc2cccc(F)c2)C1. The summed E-state index contributed by atoms with van der Waals surface area (Å²) in [6.07, 6.45) is 1.76. The number of aromatic nitrogens is 2. The van der Waals surface area contributed by atoms with E-state index in [1.54, 1.807) is 36.1 Å². The van der Waals surface area contributed by atoms with E-state index >= 15 is 0 Å². The van der Waals surface area contributed by atoms with Gasteiger partial charge in [-0.3, -0.25) is 9.69 Å². The van der Waals surface area contributed by atoms with Crippen molar-refractivity contribution in [1.82, 2.24) is 14.9 Å². The number of aldehydes is 1. The molecule has 0 bridgehead atoms. The summed E-state index contributed by atoms with van der Waals surface area (Å²) in [4.78, 5) is 38.3. The van der Waals surface area contributed by atoms with Crippen LogP contribution in [0.4, 0.5) is 20.7 Å². The molecule has 2 aliphatic rings. The molecule has 2 amide bonds. The van der Waals surface area contributed by atoms with Crippen LogP contribution in [0.3, 0.4) is 0 Å². The molecule has 9 nitrogen and oxygen atoms in total. The van der Waals surface area contributed by atoms with E-state index in [2.05, 4.69) is 9.97 Å². The third kappa shape index (κ3) is 3.65. The minimum Gasteiger partial charge on any atom is -0.488 e. The van der Waals surface area contributed by atoms with E-state index in [9.17, 15) is 14.0 Å². The highest BCUT2D eigenvalue weighted by Gasteiger charge is 2.42. The summed E-state index contributed by atoms with van der Waals surface area (Å²) in [5, 5.41) is 0. The maximum Gasteiger partial charge on any atom is 0.326 e. The summed E-state index contributed by atoms with van der Waals surface area (Å²) in [5.41, 5.74) is 0.467. The first-order valence-corrected chi connectivity index (χ1v) is 9.55. The van der Waals surface area contributed by atoms with Crippen molar-refractivity contribution >= 4 is 23.8 Å². The van der Waals surface area contributed by atoms with Crippen LogP contribution in [-0.4, -0.2) is 66.7 Å². The summed E-state index contributed by atoms with van der Waals surface area (Å²) >= 11 is 0. The molecule has 1 aromatic carbocycles. The number of ether oxygens (including phenoxy) is 2. The lowest BCUT2D eigenvalue weighted by Gasteiger charge is -2.28. The van der Waals surface area contributed by atoms with E-state index in [0.29, 0.717) is 48.9 Å². The normalized spacial score (nSPS) is 20.4. The molecule has 0 radical (unpaired) electrons. The van der Waals surface area contributed by atoms with Gasteiger partial charge in [-0.15, -0.1) is 0 Å². The maximum absolute atomic E-state index is 13.4. The molecule has 0 N–H and O–H groups in total. The first kappa shape index (κ1) is 20.0. The first-order chi connectivity index (χ1) is 14.5. The summed E-state index contributed by atoms with van der Waals surface area (Å²) in [6.45, 7) is 1.02. The van der Waals surface area contributed by atoms with Crippen molar-refractivity contribution in [2.75, 3.05) is 37.0 Å². The number of halogens is 1. The van der Waals surface area contributed by atoms with Gasteiger partial charge in [0.1, 0.15) is 30.0 Å². The molecule has 2 aliphatic heterocycles. The van der Waals surface area contributed by atoms with Crippen LogP contribution in [0.1, 0.15) is 12.2 Å². The molecule has 0 saturated carbocycles. The van der Waals surface area contributed by atoms with E-state index in [4.69, 9.17) is 9.47 Å². The number of carbonyl (C=O) groups is 2. The van der Waals surface area contributed by atoms with Crippen LogP contribution < -0.4 is 14.5 Å². The monoisotopic (exact) mass is 415 g/mol. The fourth-order valence-electron chi connectivity index (χ4n) is 3.72. The molecular weight excluding hydrogens is 393 g/mol. The number of benzene rings is 1. The fourth-order valence-corrected chi connectivity index (χ4v) is 3.72. The Bertz CT molecular complexity index is 959. The number of hydrogen-bond donors (Lipinski definition) is 0. The predicted octanol–water partition coefficient (Wildman–Crippen LogP) is 1.82. The Hall–Kier alpha value is -3.27. The number of methoxy groups -OCH3 is 1. The zero-order valence-electron chi connectivity index (χ0n) is 16.7. The minimum absolute atomic E-state index is 0.228. The van der Waals surface area contributed by atoms with Crippen molar-refractivity contribution in [3.05, 3.63) is 42.1 Å². The minimum atomic E-state index is -0.817. The molecule has 10 heteroatoms. The van der Waals surface area contributed by atoms with Crippen molar-refractivity contribution in [2.45, 2.75) is 25.3 Å². The molecule has 4 rings (SSSR count). The zero-order chi connectivity index (χ0) is 21.3. The third-order valence-corrected chi connectivity index (χ3v) is 5.17. The van der Waals surface area contributed by atoms with E-state index in [1.165, 1.54) is 23.2 Å². The summed E-state index contributed by atoms with van der Waals surface area (Å²) in [5.74, 6) is 1.00. The molecule has 0 aliphatic carbocycles. The van der Waals surface area contributed by atoms with Crippen LogP contribution in [-0.2, 0) is 16.1 Å².